The summed E-state index contributed by atoms with van der Waals surface area (Å²) >= 11 is 3.47. The zero-order valence-electron chi connectivity index (χ0n) is 10.7. The van der Waals surface area contributed by atoms with Crippen molar-refractivity contribution in [1.29, 1.82) is 0 Å². The predicted molar refractivity (Wildman–Crippen MR) is 77.0 cm³/mol. The summed E-state index contributed by atoms with van der Waals surface area (Å²) in [7, 11) is 0. The number of ether oxygens (including phenoxy) is 1. The van der Waals surface area contributed by atoms with Gasteiger partial charge in [-0.3, -0.25) is 0 Å². The van der Waals surface area contributed by atoms with Crippen molar-refractivity contribution in [3.8, 4) is 5.75 Å². The second-order valence-corrected chi connectivity index (χ2v) is 5.65. The minimum absolute atomic E-state index is 0.00791. The number of fused-ring (bicyclic) bond motifs is 1. The molecule has 0 saturated heterocycles. The highest BCUT2D eigenvalue weighted by atomic mass is 79.9. The van der Waals surface area contributed by atoms with Gasteiger partial charge in [-0.15, -0.1) is 0 Å². The van der Waals surface area contributed by atoms with Crippen molar-refractivity contribution in [2.24, 2.45) is 5.73 Å². The van der Waals surface area contributed by atoms with E-state index in [-0.39, 0.29) is 12.1 Å². The molecule has 5 heteroatoms. The number of nitrogens with two attached hydrogens (primary N) is 1. The molecule has 1 aliphatic heterocycles. The average molecular weight is 322 g/mol. The molecule has 2 unspecified atom stereocenters. The fourth-order valence-corrected chi connectivity index (χ4v) is 2.90. The number of rotatable bonds is 2. The molecule has 2 aromatic rings. The molecule has 1 aromatic carbocycles. The lowest BCUT2D eigenvalue weighted by atomic mass is 9.96. The van der Waals surface area contributed by atoms with Crippen molar-refractivity contribution in [3.63, 3.8) is 0 Å². The minimum Gasteiger partial charge on any atom is -0.484 e. The largest absolute Gasteiger partial charge is 0.484 e. The molecule has 0 spiro atoms. The standard InChI is InChI=1S/C14H16BrN3O/c1-2-18-8-17-7-12(18)14-6-11(16)10-5-9(15)3-4-13(10)19-14/h3-5,7-8,11,14H,2,6,16H2,1H3. The Morgan fingerprint density at radius 1 is 1.53 bits per heavy atom. The van der Waals surface area contributed by atoms with E-state index in [1.807, 2.05) is 30.7 Å². The lowest BCUT2D eigenvalue weighted by Crippen LogP contribution is -2.25. The van der Waals surface area contributed by atoms with E-state index in [9.17, 15) is 0 Å². The Hall–Kier alpha value is -1.33. The van der Waals surface area contributed by atoms with E-state index in [0.29, 0.717) is 0 Å². The summed E-state index contributed by atoms with van der Waals surface area (Å²) in [6.45, 7) is 2.98. The molecule has 0 saturated carbocycles. The summed E-state index contributed by atoms with van der Waals surface area (Å²) in [5, 5.41) is 0. The molecular formula is C14H16BrN3O. The van der Waals surface area contributed by atoms with Crippen LogP contribution >= 0.6 is 15.9 Å². The summed E-state index contributed by atoms with van der Waals surface area (Å²) in [5.74, 6) is 0.871. The quantitative estimate of drug-likeness (QED) is 0.924. The third-order valence-corrected chi connectivity index (χ3v) is 4.02. The van der Waals surface area contributed by atoms with Gasteiger partial charge in [0, 0.05) is 29.0 Å². The molecule has 0 aliphatic carbocycles. The van der Waals surface area contributed by atoms with Crippen LogP contribution in [0.3, 0.4) is 0 Å². The summed E-state index contributed by atoms with van der Waals surface area (Å²) in [6, 6.07) is 5.97. The Labute approximate surface area is 120 Å². The van der Waals surface area contributed by atoms with Crippen LogP contribution in [0.1, 0.15) is 36.7 Å². The molecule has 0 amide bonds. The van der Waals surface area contributed by atoms with Crippen LogP contribution in [0.25, 0.3) is 0 Å². The summed E-state index contributed by atoms with van der Waals surface area (Å²) in [6.07, 6.45) is 4.45. The molecule has 0 bridgehead atoms. The molecule has 19 heavy (non-hydrogen) atoms. The Bertz CT molecular complexity index is 596. The molecule has 3 rings (SSSR count). The van der Waals surface area contributed by atoms with E-state index >= 15 is 0 Å². The molecule has 2 heterocycles. The number of aryl methyl sites for hydroxylation is 1. The monoisotopic (exact) mass is 321 g/mol. The molecule has 1 aliphatic rings. The van der Waals surface area contributed by atoms with Crippen LogP contribution in [-0.2, 0) is 6.54 Å². The number of hydrogen-bond donors (Lipinski definition) is 1. The lowest BCUT2D eigenvalue weighted by molar-refractivity contribution is 0.153. The zero-order chi connectivity index (χ0) is 13.4. The van der Waals surface area contributed by atoms with Gasteiger partial charge in [-0.1, -0.05) is 15.9 Å². The topological polar surface area (TPSA) is 53.1 Å². The van der Waals surface area contributed by atoms with Crippen molar-refractivity contribution in [2.75, 3.05) is 0 Å². The van der Waals surface area contributed by atoms with Gasteiger partial charge >= 0.3 is 0 Å². The molecule has 0 fully saturated rings. The van der Waals surface area contributed by atoms with Crippen LogP contribution in [0, 0.1) is 0 Å². The van der Waals surface area contributed by atoms with Crippen molar-refractivity contribution >= 4 is 15.9 Å². The van der Waals surface area contributed by atoms with Crippen LogP contribution in [0.15, 0.2) is 35.2 Å². The zero-order valence-corrected chi connectivity index (χ0v) is 12.3. The highest BCUT2D eigenvalue weighted by Crippen LogP contribution is 2.40. The molecule has 2 atom stereocenters. The second-order valence-electron chi connectivity index (χ2n) is 4.74. The van der Waals surface area contributed by atoms with Crippen molar-refractivity contribution in [2.45, 2.75) is 32.0 Å². The smallest absolute Gasteiger partial charge is 0.142 e. The van der Waals surface area contributed by atoms with Gasteiger partial charge in [0.1, 0.15) is 11.9 Å². The van der Waals surface area contributed by atoms with Gasteiger partial charge in [0.15, 0.2) is 0 Å². The van der Waals surface area contributed by atoms with Gasteiger partial charge in [0.2, 0.25) is 0 Å². The first-order chi connectivity index (χ1) is 9.19. The SMILES string of the molecule is CCn1cncc1C1CC(N)c2cc(Br)ccc2O1. The Kier molecular flexibility index (Phi) is 3.33. The van der Waals surface area contributed by atoms with E-state index in [2.05, 4.69) is 32.4 Å². The van der Waals surface area contributed by atoms with Crippen LogP contribution in [-0.4, -0.2) is 9.55 Å². The highest BCUT2D eigenvalue weighted by Gasteiger charge is 2.29. The second kappa shape index (κ2) is 4.98. The van der Waals surface area contributed by atoms with Crippen LogP contribution in [0.5, 0.6) is 5.75 Å². The fraction of sp³-hybridized carbons (Fsp3) is 0.357. The number of halogens is 1. The number of nitrogens with zero attached hydrogens (tertiary/aromatic N) is 2. The summed E-state index contributed by atoms with van der Waals surface area (Å²) in [4.78, 5) is 4.20. The van der Waals surface area contributed by atoms with E-state index in [0.717, 1.165) is 34.4 Å². The number of aromatic nitrogens is 2. The summed E-state index contributed by atoms with van der Waals surface area (Å²) in [5.41, 5.74) is 8.43. The van der Waals surface area contributed by atoms with Gasteiger partial charge in [0.05, 0.1) is 18.2 Å². The Morgan fingerprint density at radius 2 is 2.37 bits per heavy atom. The van der Waals surface area contributed by atoms with Crippen molar-refractivity contribution in [3.05, 3.63) is 46.5 Å². The maximum absolute atomic E-state index is 6.27. The van der Waals surface area contributed by atoms with E-state index in [1.54, 1.807) is 0 Å². The Morgan fingerprint density at radius 3 is 3.16 bits per heavy atom. The first kappa shape index (κ1) is 12.7. The maximum Gasteiger partial charge on any atom is 0.142 e. The highest BCUT2D eigenvalue weighted by molar-refractivity contribution is 9.10. The van der Waals surface area contributed by atoms with Crippen LogP contribution in [0.2, 0.25) is 0 Å². The average Bonchev–Trinajstić information content (AvgIpc) is 2.87. The molecule has 100 valence electrons. The predicted octanol–water partition coefficient (Wildman–Crippen LogP) is 3.19. The fourth-order valence-electron chi connectivity index (χ4n) is 2.52. The third-order valence-electron chi connectivity index (χ3n) is 3.52. The number of benzene rings is 1. The van der Waals surface area contributed by atoms with Crippen LogP contribution < -0.4 is 10.5 Å². The first-order valence-electron chi connectivity index (χ1n) is 6.40. The van der Waals surface area contributed by atoms with E-state index in [4.69, 9.17) is 10.5 Å². The number of hydrogen-bond acceptors (Lipinski definition) is 3. The molecular weight excluding hydrogens is 306 g/mol. The van der Waals surface area contributed by atoms with E-state index in [1.165, 1.54) is 0 Å². The third kappa shape index (κ3) is 2.28. The molecule has 2 N–H and O–H groups in total. The van der Waals surface area contributed by atoms with Gasteiger partial charge < -0.3 is 15.0 Å². The molecule has 1 aromatic heterocycles. The van der Waals surface area contributed by atoms with Gasteiger partial charge in [0.25, 0.3) is 0 Å². The molecule has 4 nitrogen and oxygen atoms in total. The van der Waals surface area contributed by atoms with Crippen molar-refractivity contribution < 1.29 is 4.74 Å². The van der Waals surface area contributed by atoms with Crippen LogP contribution in [0.4, 0.5) is 0 Å². The number of imidazole rings is 1. The maximum atomic E-state index is 6.27. The lowest BCUT2D eigenvalue weighted by Gasteiger charge is -2.30. The van der Waals surface area contributed by atoms with Gasteiger partial charge in [-0.05, 0) is 25.1 Å². The molecule has 0 radical (unpaired) electrons. The normalized spacial score (nSPS) is 21.8. The van der Waals surface area contributed by atoms with E-state index < -0.39 is 0 Å². The Balaban J connectivity index is 1.95. The van der Waals surface area contributed by atoms with Gasteiger partial charge in [-0.2, -0.15) is 0 Å². The summed E-state index contributed by atoms with van der Waals surface area (Å²) < 4.78 is 9.21. The van der Waals surface area contributed by atoms with Crippen molar-refractivity contribution in [1.82, 2.24) is 9.55 Å². The van der Waals surface area contributed by atoms with Gasteiger partial charge in [-0.25, -0.2) is 4.98 Å². The first-order valence-corrected chi connectivity index (χ1v) is 7.20. The minimum atomic E-state index is -0.0221.